The molecular weight excluding hydrogens is 453 g/mol. The first-order valence-electron chi connectivity index (χ1n) is 10.5. The Bertz CT molecular complexity index is 1320. The summed E-state index contributed by atoms with van der Waals surface area (Å²) in [6, 6.07) is 28.5. The molecule has 4 aromatic rings. The molecule has 0 spiro atoms. The van der Waals surface area contributed by atoms with E-state index in [1.807, 2.05) is 66.7 Å². The van der Waals surface area contributed by atoms with Gasteiger partial charge in [0.2, 0.25) is 0 Å². The van der Waals surface area contributed by atoms with Crippen LogP contribution in [0, 0.1) is 11.3 Å². The average molecular weight is 474 g/mol. The van der Waals surface area contributed by atoms with Crippen LogP contribution in [-0.4, -0.2) is 12.9 Å². The van der Waals surface area contributed by atoms with Crippen LogP contribution in [0.15, 0.2) is 84.9 Å². The van der Waals surface area contributed by atoms with Crippen LogP contribution in [-0.2, 0) is 0 Å². The molecule has 0 amide bonds. The predicted molar refractivity (Wildman–Crippen MR) is 133 cm³/mol. The molecule has 4 rings (SSSR count). The van der Waals surface area contributed by atoms with Crippen molar-refractivity contribution in [3.63, 3.8) is 0 Å². The number of rotatable bonds is 7. The van der Waals surface area contributed by atoms with Crippen molar-refractivity contribution in [2.24, 2.45) is 0 Å². The SMILES string of the molecule is COc1ccc([C@@H](CC(=O)c2ccc3ccccc3c2)[C@@H](C#N)c2c(Cl)cccc2Cl)cc1. The van der Waals surface area contributed by atoms with Gasteiger partial charge in [-0.05, 0) is 46.7 Å². The summed E-state index contributed by atoms with van der Waals surface area (Å²) < 4.78 is 5.28. The Morgan fingerprint density at radius 3 is 2.21 bits per heavy atom. The lowest BCUT2D eigenvalue weighted by atomic mass is 9.78. The molecule has 0 saturated carbocycles. The van der Waals surface area contributed by atoms with E-state index in [9.17, 15) is 10.1 Å². The monoisotopic (exact) mass is 473 g/mol. The number of ether oxygens (including phenoxy) is 1. The van der Waals surface area contributed by atoms with Gasteiger partial charge < -0.3 is 4.74 Å². The second-order valence-corrected chi connectivity index (χ2v) is 8.63. The highest BCUT2D eigenvalue weighted by molar-refractivity contribution is 6.36. The lowest BCUT2D eigenvalue weighted by molar-refractivity contribution is 0.0972. The Morgan fingerprint density at radius 1 is 0.909 bits per heavy atom. The Hall–Kier alpha value is -3.32. The van der Waals surface area contributed by atoms with Crippen molar-refractivity contribution in [3.8, 4) is 11.8 Å². The van der Waals surface area contributed by atoms with E-state index in [2.05, 4.69) is 6.07 Å². The number of halogens is 2. The number of nitrogens with zero attached hydrogens (tertiary/aromatic N) is 1. The molecule has 0 aliphatic rings. The first-order valence-corrected chi connectivity index (χ1v) is 11.3. The standard InChI is InChI=1S/C28H21Cl2NO2/c1-33-22-13-11-19(12-14-22)23(24(17-31)28-25(29)7-4-8-26(28)30)16-27(32)21-10-9-18-5-2-3-6-20(18)15-21/h2-15,23-24H,16H2,1H3/t23-,24-/m1/s1. The molecular formula is C28H21Cl2NO2. The number of carbonyl (C=O) groups excluding carboxylic acids is 1. The molecule has 3 nitrogen and oxygen atoms in total. The fourth-order valence-corrected chi connectivity index (χ4v) is 4.76. The number of hydrogen-bond acceptors (Lipinski definition) is 3. The zero-order valence-electron chi connectivity index (χ0n) is 18.0. The molecule has 0 saturated heterocycles. The van der Waals surface area contributed by atoms with Crippen molar-refractivity contribution >= 4 is 39.8 Å². The normalized spacial score (nSPS) is 12.7. The van der Waals surface area contributed by atoms with Gasteiger partial charge >= 0.3 is 0 Å². The minimum atomic E-state index is -0.705. The summed E-state index contributed by atoms with van der Waals surface area (Å²) >= 11 is 12.9. The van der Waals surface area contributed by atoms with Gasteiger partial charge in [-0.1, -0.05) is 77.8 Å². The Kier molecular flexibility index (Phi) is 6.99. The molecule has 0 N–H and O–H groups in total. The lowest BCUT2D eigenvalue weighted by Crippen LogP contribution is -2.16. The van der Waals surface area contributed by atoms with Gasteiger partial charge in [-0.15, -0.1) is 0 Å². The molecule has 0 fully saturated rings. The Labute approximate surface area is 203 Å². The lowest BCUT2D eigenvalue weighted by Gasteiger charge is -2.24. The van der Waals surface area contributed by atoms with Crippen molar-refractivity contribution in [2.75, 3.05) is 7.11 Å². The van der Waals surface area contributed by atoms with Crippen molar-refractivity contribution in [1.29, 1.82) is 5.26 Å². The third-order valence-electron chi connectivity index (χ3n) is 5.87. The van der Waals surface area contributed by atoms with Crippen LogP contribution >= 0.6 is 23.2 Å². The van der Waals surface area contributed by atoms with Crippen molar-refractivity contribution in [2.45, 2.75) is 18.3 Å². The van der Waals surface area contributed by atoms with Gasteiger partial charge in [0.15, 0.2) is 5.78 Å². The molecule has 2 atom stereocenters. The summed E-state index contributed by atoms with van der Waals surface area (Å²) in [5.74, 6) is -0.506. The highest BCUT2D eigenvalue weighted by atomic mass is 35.5. The fraction of sp³-hybridized carbons (Fsp3) is 0.143. The summed E-state index contributed by atoms with van der Waals surface area (Å²) in [5.41, 5.74) is 1.98. The van der Waals surface area contributed by atoms with E-state index in [4.69, 9.17) is 27.9 Å². The molecule has 0 aliphatic heterocycles. The number of fused-ring (bicyclic) bond motifs is 1. The maximum Gasteiger partial charge on any atom is 0.163 e. The van der Waals surface area contributed by atoms with Gasteiger partial charge in [-0.3, -0.25) is 4.79 Å². The molecule has 33 heavy (non-hydrogen) atoms. The van der Waals surface area contributed by atoms with E-state index in [0.717, 1.165) is 16.3 Å². The zero-order chi connectivity index (χ0) is 23.4. The van der Waals surface area contributed by atoms with Crippen LogP contribution in [0.1, 0.15) is 39.7 Å². The highest BCUT2D eigenvalue weighted by Crippen LogP contribution is 2.42. The largest absolute Gasteiger partial charge is 0.497 e. The van der Waals surface area contributed by atoms with Crippen LogP contribution in [0.4, 0.5) is 0 Å². The smallest absolute Gasteiger partial charge is 0.163 e. The topological polar surface area (TPSA) is 50.1 Å². The molecule has 164 valence electrons. The molecule has 4 aromatic carbocycles. The molecule has 5 heteroatoms. The van der Waals surface area contributed by atoms with E-state index in [-0.39, 0.29) is 12.2 Å². The second-order valence-electron chi connectivity index (χ2n) is 7.81. The van der Waals surface area contributed by atoms with Crippen LogP contribution in [0.25, 0.3) is 10.8 Å². The average Bonchev–Trinajstić information content (AvgIpc) is 2.85. The molecule has 0 unspecified atom stereocenters. The van der Waals surface area contributed by atoms with Crippen LogP contribution < -0.4 is 4.74 Å². The summed E-state index contributed by atoms with van der Waals surface area (Å²) in [6.45, 7) is 0. The number of carbonyl (C=O) groups is 1. The number of Topliss-reactive ketones (excluding diaryl/α,β-unsaturated/α-hetero) is 1. The van der Waals surface area contributed by atoms with E-state index in [1.54, 1.807) is 25.3 Å². The van der Waals surface area contributed by atoms with Gasteiger partial charge in [-0.25, -0.2) is 0 Å². The molecule has 0 heterocycles. The minimum Gasteiger partial charge on any atom is -0.497 e. The molecule has 0 aliphatic carbocycles. The summed E-state index contributed by atoms with van der Waals surface area (Å²) in [7, 11) is 1.59. The number of ketones is 1. The fourth-order valence-electron chi connectivity index (χ4n) is 4.12. The van der Waals surface area contributed by atoms with Crippen LogP contribution in [0.5, 0.6) is 5.75 Å². The van der Waals surface area contributed by atoms with E-state index >= 15 is 0 Å². The number of benzene rings is 4. The van der Waals surface area contributed by atoms with E-state index in [0.29, 0.717) is 26.9 Å². The van der Waals surface area contributed by atoms with E-state index in [1.165, 1.54) is 0 Å². The minimum absolute atomic E-state index is 0.0509. The third kappa shape index (κ3) is 4.88. The van der Waals surface area contributed by atoms with Crippen molar-refractivity contribution in [1.82, 2.24) is 0 Å². The van der Waals surface area contributed by atoms with Crippen molar-refractivity contribution in [3.05, 3.63) is 112 Å². The molecule has 0 aromatic heterocycles. The molecule has 0 radical (unpaired) electrons. The number of hydrogen-bond donors (Lipinski definition) is 0. The summed E-state index contributed by atoms with van der Waals surface area (Å²) in [6.07, 6.45) is 0.129. The van der Waals surface area contributed by atoms with Gasteiger partial charge in [0.25, 0.3) is 0 Å². The van der Waals surface area contributed by atoms with Crippen molar-refractivity contribution < 1.29 is 9.53 Å². The maximum absolute atomic E-state index is 13.4. The first kappa shape index (κ1) is 22.9. The van der Waals surface area contributed by atoms with Gasteiger partial charge in [0.1, 0.15) is 5.75 Å². The van der Waals surface area contributed by atoms with Crippen LogP contribution in [0.2, 0.25) is 10.0 Å². The van der Waals surface area contributed by atoms with Gasteiger partial charge in [0, 0.05) is 33.5 Å². The van der Waals surface area contributed by atoms with Gasteiger partial charge in [0.05, 0.1) is 19.1 Å². The van der Waals surface area contributed by atoms with Crippen LogP contribution in [0.3, 0.4) is 0 Å². The summed E-state index contributed by atoms with van der Waals surface area (Å²) in [5, 5.41) is 13.1. The number of nitriles is 1. The maximum atomic E-state index is 13.4. The second kappa shape index (κ2) is 10.1. The quantitative estimate of drug-likeness (QED) is 0.257. The van der Waals surface area contributed by atoms with Gasteiger partial charge in [-0.2, -0.15) is 5.26 Å². The predicted octanol–water partition coefficient (Wildman–Crippen LogP) is 7.82. The zero-order valence-corrected chi connectivity index (χ0v) is 19.5. The Morgan fingerprint density at radius 2 is 1.58 bits per heavy atom. The third-order valence-corrected chi connectivity index (χ3v) is 6.53. The highest BCUT2D eigenvalue weighted by Gasteiger charge is 2.31. The number of methoxy groups -OCH3 is 1. The summed E-state index contributed by atoms with van der Waals surface area (Å²) in [4.78, 5) is 13.4. The Balaban J connectivity index is 1.76. The molecule has 0 bridgehead atoms. The van der Waals surface area contributed by atoms with E-state index < -0.39 is 11.8 Å². The first-order chi connectivity index (χ1) is 16.0.